The maximum absolute atomic E-state index is 12.4. The second kappa shape index (κ2) is 21.4. The Labute approximate surface area is 194 Å². The molecule has 0 aliphatic rings. The molecule has 0 heterocycles. The van der Waals surface area contributed by atoms with Crippen LogP contribution in [0.2, 0.25) is 0 Å². The van der Waals surface area contributed by atoms with E-state index in [2.05, 4.69) is 20.7 Å². The number of alkyl carbamates (subject to hydrolysis) is 1. The summed E-state index contributed by atoms with van der Waals surface area (Å²) in [6, 6.07) is 0. The van der Waals surface area contributed by atoms with Gasteiger partial charge in [0.2, 0.25) is 11.8 Å². The van der Waals surface area contributed by atoms with Crippen molar-refractivity contribution in [1.82, 2.24) is 20.9 Å². The third-order valence-corrected chi connectivity index (χ3v) is 4.16. The van der Waals surface area contributed by atoms with Crippen LogP contribution in [-0.4, -0.2) is 120 Å². The van der Waals surface area contributed by atoms with Crippen molar-refractivity contribution in [2.24, 2.45) is 0 Å². The van der Waals surface area contributed by atoms with Crippen molar-refractivity contribution in [2.45, 2.75) is 19.3 Å². The normalized spacial score (nSPS) is 10.5. The number of hydrogen-bond donors (Lipinski definition) is 4. The largest absolute Gasteiger partial charge is 0.481 e. The minimum Gasteiger partial charge on any atom is -0.481 e. The predicted molar refractivity (Wildman–Crippen MR) is 118 cm³/mol. The fourth-order valence-electron chi connectivity index (χ4n) is 2.39. The molecule has 3 amide bonds. The summed E-state index contributed by atoms with van der Waals surface area (Å²) >= 11 is 0. The highest BCUT2D eigenvalue weighted by Gasteiger charge is 2.13. The number of rotatable bonds is 21. The van der Waals surface area contributed by atoms with Crippen LogP contribution in [0.25, 0.3) is 0 Å². The average molecular weight is 479 g/mol. The Bertz CT molecular complexity index is 564. The van der Waals surface area contributed by atoms with Crippen molar-refractivity contribution in [3.63, 3.8) is 0 Å². The average Bonchev–Trinajstić information content (AvgIpc) is 2.79. The minimum absolute atomic E-state index is 0.0577. The molecule has 0 aliphatic heterocycles. The zero-order valence-corrected chi connectivity index (χ0v) is 19.6. The lowest BCUT2D eigenvalue weighted by Gasteiger charge is -2.23. The number of ether oxygens (including phenoxy) is 4. The van der Waals surface area contributed by atoms with Crippen molar-refractivity contribution in [3.8, 4) is 0 Å². The standard InChI is InChI=1S/C20H38N4O9/c1-21-6-9-24(18(26)4-12-31-14-8-23-20(29)30-2)10-7-22-17(25)3-11-32-15-16-33-13-5-19(27)28/h21H,3-16H2,1-2H3,(H,22,25)(H,23,29)(H,27,28). The molecule has 0 unspecified atom stereocenters. The number of aliphatic carboxylic acids is 1. The number of carboxylic acids is 1. The lowest BCUT2D eigenvalue weighted by molar-refractivity contribution is -0.138. The lowest BCUT2D eigenvalue weighted by atomic mass is 10.3. The predicted octanol–water partition coefficient (Wildman–Crippen LogP) is -1.19. The Kier molecular flexibility index (Phi) is 19.8. The van der Waals surface area contributed by atoms with Gasteiger partial charge in [0.15, 0.2) is 0 Å². The molecule has 0 radical (unpaired) electrons. The number of nitrogens with zero attached hydrogens (tertiary/aromatic N) is 1. The Morgan fingerprint density at radius 1 is 0.758 bits per heavy atom. The van der Waals surface area contributed by atoms with Crippen molar-refractivity contribution in [3.05, 3.63) is 0 Å². The highest BCUT2D eigenvalue weighted by atomic mass is 16.5. The van der Waals surface area contributed by atoms with E-state index in [0.717, 1.165) is 0 Å². The summed E-state index contributed by atoms with van der Waals surface area (Å²) in [6.07, 6.45) is -0.230. The number of methoxy groups -OCH3 is 1. The van der Waals surface area contributed by atoms with E-state index in [1.807, 2.05) is 0 Å². The van der Waals surface area contributed by atoms with E-state index in [4.69, 9.17) is 19.3 Å². The van der Waals surface area contributed by atoms with Gasteiger partial charge in [0.1, 0.15) is 0 Å². The molecule has 13 nitrogen and oxygen atoms in total. The third kappa shape index (κ3) is 19.9. The molecular weight excluding hydrogens is 440 g/mol. The summed E-state index contributed by atoms with van der Waals surface area (Å²) in [6.45, 7) is 3.48. The monoisotopic (exact) mass is 478 g/mol. The van der Waals surface area contributed by atoms with Gasteiger partial charge in [-0.25, -0.2) is 4.79 Å². The van der Waals surface area contributed by atoms with E-state index in [-0.39, 0.29) is 77.3 Å². The summed E-state index contributed by atoms with van der Waals surface area (Å²) in [7, 11) is 3.06. The lowest BCUT2D eigenvalue weighted by Crippen LogP contribution is -2.42. The maximum atomic E-state index is 12.4. The van der Waals surface area contributed by atoms with E-state index in [1.165, 1.54) is 7.11 Å². The Balaban J connectivity index is 3.92. The Morgan fingerprint density at radius 3 is 2.00 bits per heavy atom. The van der Waals surface area contributed by atoms with Gasteiger partial charge in [0.05, 0.1) is 59.6 Å². The van der Waals surface area contributed by atoms with E-state index < -0.39 is 12.1 Å². The van der Waals surface area contributed by atoms with Crippen LogP contribution in [0.1, 0.15) is 19.3 Å². The van der Waals surface area contributed by atoms with Crippen molar-refractivity contribution >= 4 is 23.9 Å². The Morgan fingerprint density at radius 2 is 1.36 bits per heavy atom. The summed E-state index contributed by atoms with van der Waals surface area (Å²) in [5, 5.41) is 16.7. The fourth-order valence-corrected chi connectivity index (χ4v) is 2.39. The molecule has 0 aliphatic carbocycles. The van der Waals surface area contributed by atoms with Crippen LogP contribution in [0.15, 0.2) is 0 Å². The molecule has 0 aromatic carbocycles. The first-order chi connectivity index (χ1) is 15.9. The highest BCUT2D eigenvalue weighted by molar-refractivity contribution is 5.77. The smallest absolute Gasteiger partial charge is 0.406 e. The number of hydrogen-bond acceptors (Lipinski definition) is 9. The van der Waals surface area contributed by atoms with E-state index in [9.17, 15) is 19.2 Å². The molecule has 0 aromatic rings. The van der Waals surface area contributed by atoms with Crippen molar-refractivity contribution in [2.75, 3.05) is 86.5 Å². The first-order valence-electron chi connectivity index (χ1n) is 10.9. The summed E-state index contributed by atoms with van der Waals surface area (Å²) in [5.41, 5.74) is 0. The van der Waals surface area contributed by atoms with E-state index in [1.54, 1.807) is 11.9 Å². The first-order valence-corrected chi connectivity index (χ1v) is 10.9. The second-order valence-corrected chi connectivity index (χ2v) is 6.73. The van der Waals surface area contributed by atoms with Gasteiger partial charge in [0, 0.05) is 39.1 Å². The molecule has 0 rings (SSSR count). The SMILES string of the molecule is CNCCN(CCNC(=O)CCOCCOCCC(=O)O)C(=O)CCOCCNC(=O)OC. The molecule has 192 valence electrons. The first kappa shape index (κ1) is 30.5. The van der Waals surface area contributed by atoms with Crippen LogP contribution in [0, 0.1) is 0 Å². The van der Waals surface area contributed by atoms with Gasteiger partial charge in [-0.05, 0) is 7.05 Å². The molecule has 0 bridgehead atoms. The van der Waals surface area contributed by atoms with Gasteiger partial charge in [0.25, 0.3) is 0 Å². The molecule has 0 spiro atoms. The summed E-state index contributed by atoms with van der Waals surface area (Å²) in [5.74, 6) is -1.20. The number of nitrogens with one attached hydrogen (secondary N) is 3. The zero-order valence-electron chi connectivity index (χ0n) is 19.6. The molecule has 0 saturated carbocycles. The highest BCUT2D eigenvalue weighted by Crippen LogP contribution is 1.95. The number of amides is 3. The Hall–Kier alpha value is -2.48. The van der Waals surface area contributed by atoms with E-state index >= 15 is 0 Å². The van der Waals surface area contributed by atoms with Crippen LogP contribution in [0.5, 0.6) is 0 Å². The van der Waals surface area contributed by atoms with Crippen molar-refractivity contribution in [1.29, 1.82) is 0 Å². The van der Waals surface area contributed by atoms with Crippen LogP contribution in [-0.2, 0) is 33.3 Å². The quantitative estimate of drug-likeness (QED) is 0.147. The molecule has 0 aromatic heterocycles. The third-order valence-electron chi connectivity index (χ3n) is 4.16. The molecule has 33 heavy (non-hydrogen) atoms. The molecule has 0 atom stereocenters. The summed E-state index contributed by atoms with van der Waals surface area (Å²) in [4.78, 5) is 47.2. The molecular formula is C20H38N4O9. The van der Waals surface area contributed by atoms with Crippen LogP contribution in [0.4, 0.5) is 4.79 Å². The van der Waals surface area contributed by atoms with Gasteiger partial charge in [-0.3, -0.25) is 14.4 Å². The minimum atomic E-state index is -0.919. The van der Waals surface area contributed by atoms with E-state index in [0.29, 0.717) is 26.2 Å². The van der Waals surface area contributed by atoms with Crippen LogP contribution < -0.4 is 16.0 Å². The maximum Gasteiger partial charge on any atom is 0.406 e. The number of carbonyl (C=O) groups excluding carboxylic acids is 3. The number of likely N-dealkylation sites (N-methyl/N-ethyl adjacent to an activating group) is 1. The van der Waals surface area contributed by atoms with Gasteiger partial charge in [-0.1, -0.05) is 0 Å². The van der Waals surface area contributed by atoms with Gasteiger partial charge >= 0.3 is 12.1 Å². The topological polar surface area (TPSA) is 165 Å². The fraction of sp³-hybridized carbons (Fsp3) is 0.800. The molecule has 0 fully saturated rings. The van der Waals surface area contributed by atoms with Crippen LogP contribution in [0.3, 0.4) is 0 Å². The number of carbonyl (C=O) groups is 4. The van der Waals surface area contributed by atoms with Crippen molar-refractivity contribution < 1.29 is 43.2 Å². The van der Waals surface area contributed by atoms with Gasteiger partial charge in [-0.2, -0.15) is 0 Å². The van der Waals surface area contributed by atoms with Gasteiger partial charge < -0.3 is 44.9 Å². The van der Waals surface area contributed by atoms with Gasteiger partial charge in [-0.15, -0.1) is 0 Å². The second-order valence-electron chi connectivity index (χ2n) is 6.73. The molecule has 13 heteroatoms. The molecule has 0 saturated heterocycles. The summed E-state index contributed by atoms with van der Waals surface area (Å²) < 4.78 is 20.1. The zero-order chi connectivity index (χ0) is 24.7. The number of carboxylic acid groups (broad SMARTS) is 1. The van der Waals surface area contributed by atoms with Crippen LogP contribution >= 0.6 is 0 Å². The molecule has 4 N–H and O–H groups in total.